The summed E-state index contributed by atoms with van der Waals surface area (Å²) in [4.78, 5) is 27.9. The number of carbonyl (C=O) groups excluding carboxylic acids is 2. The molecule has 1 aliphatic heterocycles. The van der Waals surface area contributed by atoms with E-state index in [1.165, 1.54) is 13.3 Å². The van der Waals surface area contributed by atoms with Crippen LogP contribution in [0.15, 0.2) is 18.2 Å². The van der Waals surface area contributed by atoms with Crippen LogP contribution in [0.2, 0.25) is 5.02 Å². The highest BCUT2D eigenvalue weighted by Crippen LogP contribution is 2.24. The SMILES string of the molecule is CC(=O)N(CCC(=O)N1CCCC(C)C1)c1ccc(C)c(Cl)c1. The number of halogens is 1. The van der Waals surface area contributed by atoms with Crippen LogP contribution in [0.1, 0.15) is 38.7 Å². The molecule has 0 spiro atoms. The lowest BCUT2D eigenvalue weighted by molar-refractivity contribution is -0.132. The number of carbonyl (C=O) groups is 2. The molecule has 1 atom stereocenters. The van der Waals surface area contributed by atoms with Gasteiger partial charge in [-0.15, -0.1) is 0 Å². The van der Waals surface area contributed by atoms with E-state index in [2.05, 4.69) is 6.92 Å². The van der Waals surface area contributed by atoms with E-state index < -0.39 is 0 Å². The van der Waals surface area contributed by atoms with Crippen molar-refractivity contribution in [3.05, 3.63) is 28.8 Å². The van der Waals surface area contributed by atoms with Crippen molar-refractivity contribution < 1.29 is 9.59 Å². The van der Waals surface area contributed by atoms with Crippen LogP contribution in [0.5, 0.6) is 0 Å². The first-order chi connectivity index (χ1) is 10.9. The van der Waals surface area contributed by atoms with Gasteiger partial charge in [0.15, 0.2) is 0 Å². The molecule has 4 nitrogen and oxygen atoms in total. The highest BCUT2D eigenvalue weighted by atomic mass is 35.5. The molecule has 1 aromatic rings. The van der Waals surface area contributed by atoms with E-state index in [4.69, 9.17) is 11.6 Å². The predicted octanol–water partition coefficient (Wildman–Crippen LogP) is 3.65. The number of likely N-dealkylation sites (tertiary alicyclic amines) is 1. The van der Waals surface area contributed by atoms with E-state index in [0.29, 0.717) is 23.9 Å². The molecule has 0 radical (unpaired) electrons. The van der Waals surface area contributed by atoms with Gasteiger partial charge in [0, 0.05) is 43.7 Å². The molecule has 5 heteroatoms. The fourth-order valence-corrected chi connectivity index (χ4v) is 3.17. The van der Waals surface area contributed by atoms with Crippen molar-refractivity contribution in [3.63, 3.8) is 0 Å². The number of hydrogen-bond donors (Lipinski definition) is 0. The summed E-state index contributed by atoms with van der Waals surface area (Å²) in [6, 6.07) is 5.55. The van der Waals surface area contributed by atoms with Crippen molar-refractivity contribution in [2.75, 3.05) is 24.5 Å². The highest BCUT2D eigenvalue weighted by molar-refractivity contribution is 6.31. The molecule has 0 N–H and O–H groups in total. The second kappa shape index (κ2) is 7.82. The van der Waals surface area contributed by atoms with E-state index in [0.717, 1.165) is 30.8 Å². The van der Waals surface area contributed by atoms with Crippen LogP contribution in [0, 0.1) is 12.8 Å². The van der Waals surface area contributed by atoms with E-state index in [1.54, 1.807) is 11.0 Å². The Morgan fingerprint density at radius 2 is 2.13 bits per heavy atom. The molecule has 0 aliphatic carbocycles. The van der Waals surface area contributed by atoms with Gasteiger partial charge in [0.2, 0.25) is 11.8 Å². The first-order valence-corrected chi connectivity index (χ1v) is 8.58. The van der Waals surface area contributed by atoms with Gasteiger partial charge in [-0.2, -0.15) is 0 Å². The molecule has 0 saturated carbocycles. The van der Waals surface area contributed by atoms with Crippen molar-refractivity contribution in [3.8, 4) is 0 Å². The Labute approximate surface area is 143 Å². The summed E-state index contributed by atoms with van der Waals surface area (Å²) in [6.45, 7) is 7.66. The lowest BCUT2D eigenvalue weighted by Crippen LogP contribution is -2.41. The zero-order valence-corrected chi connectivity index (χ0v) is 14.9. The minimum Gasteiger partial charge on any atom is -0.342 e. The number of aryl methyl sites for hydroxylation is 1. The van der Waals surface area contributed by atoms with Crippen LogP contribution in [0.25, 0.3) is 0 Å². The van der Waals surface area contributed by atoms with Crippen LogP contribution < -0.4 is 4.90 Å². The zero-order valence-electron chi connectivity index (χ0n) is 14.1. The molecule has 2 amide bonds. The average molecular weight is 337 g/mol. The number of hydrogen-bond acceptors (Lipinski definition) is 2. The Kier molecular flexibility index (Phi) is 6.05. The largest absolute Gasteiger partial charge is 0.342 e. The molecule has 1 heterocycles. The Balaban J connectivity index is 2.01. The molecule has 1 unspecified atom stereocenters. The molecular weight excluding hydrogens is 312 g/mol. The third-order valence-electron chi connectivity index (χ3n) is 4.41. The predicted molar refractivity (Wildman–Crippen MR) is 93.8 cm³/mol. The third kappa shape index (κ3) is 4.71. The quantitative estimate of drug-likeness (QED) is 0.842. The van der Waals surface area contributed by atoms with E-state index in [-0.39, 0.29) is 11.8 Å². The lowest BCUT2D eigenvalue weighted by atomic mass is 10.00. The zero-order chi connectivity index (χ0) is 17.0. The molecule has 1 fully saturated rings. The molecule has 126 valence electrons. The molecule has 0 bridgehead atoms. The summed E-state index contributed by atoms with van der Waals surface area (Å²) >= 11 is 6.15. The van der Waals surface area contributed by atoms with Gasteiger partial charge in [0.05, 0.1) is 0 Å². The molecule has 1 saturated heterocycles. The van der Waals surface area contributed by atoms with Crippen molar-refractivity contribution >= 4 is 29.1 Å². The van der Waals surface area contributed by atoms with Crippen LogP contribution >= 0.6 is 11.6 Å². The second-order valence-corrected chi connectivity index (χ2v) is 6.85. The summed E-state index contributed by atoms with van der Waals surface area (Å²) < 4.78 is 0. The van der Waals surface area contributed by atoms with Crippen molar-refractivity contribution in [2.45, 2.75) is 40.0 Å². The average Bonchev–Trinajstić information content (AvgIpc) is 2.50. The van der Waals surface area contributed by atoms with Crippen LogP contribution in [-0.4, -0.2) is 36.3 Å². The van der Waals surface area contributed by atoms with Crippen LogP contribution in [0.4, 0.5) is 5.69 Å². The maximum Gasteiger partial charge on any atom is 0.224 e. The summed E-state index contributed by atoms with van der Waals surface area (Å²) in [5.74, 6) is 0.609. The van der Waals surface area contributed by atoms with Gasteiger partial charge in [0.1, 0.15) is 0 Å². The number of benzene rings is 1. The van der Waals surface area contributed by atoms with Crippen molar-refractivity contribution in [1.82, 2.24) is 4.90 Å². The summed E-state index contributed by atoms with van der Waals surface area (Å²) in [6.07, 6.45) is 2.60. The molecule has 1 aromatic carbocycles. The van der Waals surface area contributed by atoms with Crippen molar-refractivity contribution in [1.29, 1.82) is 0 Å². The normalized spacial score (nSPS) is 17.9. The fraction of sp³-hybridized carbons (Fsp3) is 0.556. The number of nitrogens with zero attached hydrogens (tertiary/aromatic N) is 2. The van der Waals surface area contributed by atoms with Crippen molar-refractivity contribution in [2.24, 2.45) is 5.92 Å². The second-order valence-electron chi connectivity index (χ2n) is 6.44. The van der Waals surface area contributed by atoms with Gasteiger partial charge in [-0.3, -0.25) is 9.59 Å². The molecule has 23 heavy (non-hydrogen) atoms. The number of piperidine rings is 1. The van der Waals surface area contributed by atoms with Gasteiger partial charge in [-0.1, -0.05) is 24.6 Å². The topological polar surface area (TPSA) is 40.6 Å². The number of rotatable bonds is 4. The Morgan fingerprint density at radius 1 is 1.39 bits per heavy atom. The molecule has 1 aliphatic rings. The number of amides is 2. The standard InChI is InChI=1S/C18H25ClN2O2/c1-13-5-4-9-20(12-13)18(23)8-10-21(15(3)22)16-7-6-14(2)17(19)11-16/h6-7,11,13H,4-5,8-10,12H2,1-3H3. The highest BCUT2D eigenvalue weighted by Gasteiger charge is 2.22. The lowest BCUT2D eigenvalue weighted by Gasteiger charge is -2.31. The first-order valence-electron chi connectivity index (χ1n) is 8.20. The smallest absolute Gasteiger partial charge is 0.224 e. The third-order valence-corrected chi connectivity index (χ3v) is 4.81. The molecule has 2 rings (SSSR count). The maximum atomic E-state index is 12.4. The first kappa shape index (κ1) is 17.8. The maximum absolute atomic E-state index is 12.4. The van der Waals surface area contributed by atoms with Gasteiger partial charge in [0.25, 0.3) is 0 Å². The summed E-state index contributed by atoms with van der Waals surface area (Å²) in [7, 11) is 0. The monoisotopic (exact) mass is 336 g/mol. The molecule has 0 aromatic heterocycles. The Bertz CT molecular complexity index is 588. The van der Waals surface area contributed by atoms with Gasteiger partial charge in [-0.25, -0.2) is 0 Å². The Hall–Kier alpha value is -1.55. The summed E-state index contributed by atoms with van der Waals surface area (Å²) in [5, 5.41) is 0.630. The Morgan fingerprint density at radius 3 is 2.74 bits per heavy atom. The summed E-state index contributed by atoms with van der Waals surface area (Å²) in [5.41, 5.74) is 1.71. The van der Waals surface area contributed by atoms with Gasteiger partial charge in [-0.05, 0) is 43.4 Å². The minimum atomic E-state index is -0.0790. The van der Waals surface area contributed by atoms with Gasteiger partial charge < -0.3 is 9.80 Å². The fourth-order valence-electron chi connectivity index (χ4n) is 3.00. The van der Waals surface area contributed by atoms with Crippen LogP contribution in [-0.2, 0) is 9.59 Å². The van der Waals surface area contributed by atoms with Crippen LogP contribution in [0.3, 0.4) is 0 Å². The van der Waals surface area contributed by atoms with Gasteiger partial charge >= 0.3 is 0 Å². The number of anilines is 1. The van der Waals surface area contributed by atoms with E-state index in [1.807, 2.05) is 24.0 Å². The van der Waals surface area contributed by atoms with E-state index >= 15 is 0 Å². The van der Waals surface area contributed by atoms with E-state index in [9.17, 15) is 9.59 Å². The minimum absolute atomic E-state index is 0.0790. The molecular formula is C18H25ClN2O2.